The lowest BCUT2D eigenvalue weighted by atomic mass is 9.93. The van der Waals surface area contributed by atoms with E-state index in [0.717, 1.165) is 36.1 Å². The molecule has 2 aromatic rings. The van der Waals surface area contributed by atoms with E-state index in [-0.39, 0.29) is 17.9 Å². The van der Waals surface area contributed by atoms with E-state index in [4.69, 9.17) is 21.1 Å². The maximum atomic E-state index is 13.9. The smallest absolute Gasteiger partial charge is 0.288 e. The third-order valence-electron chi connectivity index (χ3n) is 5.30. The van der Waals surface area contributed by atoms with Crippen LogP contribution in [-0.2, 0) is 15.4 Å². The number of halogens is 3. The van der Waals surface area contributed by atoms with Crippen molar-refractivity contribution in [1.82, 2.24) is 15.1 Å². The van der Waals surface area contributed by atoms with Gasteiger partial charge in [0.2, 0.25) is 0 Å². The summed E-state index contributed by atoms with van der Waals surface area (Å²) in [6, 6.07) is 7.74. The fourth-order valence-electron chi connectivity index (χ4n) is 3.59. The lowest BCUT2D eigenvalue weighted by Crippen LogP contribution is -2.32. The summed E-state index contributed by atoms with van der Waals surface area (Å²) in [7, 11) is 3.29. The maximum absolute atomic E-state index is 13.9. The first-order chi connectivity index (χ1) is 14.7. The van der Waals surface area contributed by atoms with Gasteiger partial charge in [0.1, 0.15) is 17.5 Å². The summed E-state index contributed by atoms with van der Waals surface area (Å²) in [6.45, 7) is 1.09. The topological polar surface area (TPSA) is 65.4 Å². The Morgan fingerprint density at radius 1 is 1.32 bits per heavy atom. The van der Waals surface area contributed by atoms with Gasteiger partial charge in [-0.3, -0.25) is 4.79 Å². The van der Waals surface area contributed by atoms with Crippen molar-refractivity contribution in [3.63, 3.8) is 0 Å². The van der Waals surface area contributed by atoms with Gasteiger partial charge in [0.05, 0.1) is 16.8 Å². The first-order valence-electron chi connectivity index (χ1n) is 10.0. The number of benzene rings is 1. The Labute approximate surface area is 185 Å². The predicted molar refractivity (Wildman–Crippen MR) is 114 cm³/mol. The molecule has 1 amide bonds. The molecule has 9 heteroatoms. The second-order valence-electron chi connectivity index (χ2n) is 7.51. The summed E-state index contributed by atoms with van der Waals surface area (Å²) in [4.78, 5) is 12.8. The summed E-state index contributed by atoms with van der Waals surface area (Å²) in [5, 5.41) is 7.05. The van der Waals surface area contributed by atoms with Crippen molar-refractivity contribution in [2.45, 2.75) is 44.3 Å². The summed E-state index contributed by atoms with van der Waals surface area (Å²) >= 11 is 6.21. The van der Waals surface area contributed by atoms with Crippen molar-refractivity contribution in [1.29, 1.82) is 0 Å². The Hall–Kier alpha value is -2.29. The second-order valence-corrected chi connectivity index (χ2v) is 7.92. The van der Waals surface area contributed by atoms with Gasteiger partial charge in [-0.2, -0.15) is 13.9 Å². The van der Waals surface area contributed by atoms with Crippen LogP contribution < -0.4 is 5.32 Å². The highest BCUT2D eigenvalue weighted by Gasteiger charge is 2.31. The third kappa shape index (κ3) is 5.50. The molecule has 1 N–H and O–H groups in total. The summed E-state index contributed by atoms with van der Waals surface area (Å²) in [5.41, 5.74) is 1.01. The molecule has 168 valence electrons. The Bertz CT molecular complexity index is 956. The third-order valence-corrected chi connectivity index (χ3v) is 5.61. The fraction of sp³-hybridized carbons (Fsp3) is 0.455. The SMILES string of the molecule is COC1C=C(CCNC(=O)c2cc(C(C)(F)F)nn2-c2ccccc2Cl)CCC1OC. The van der Waals surface area contributed by atoms with E-state index in [1.54, 1.807) is 38.5 Å². The second kappa shape index (κ2) is 9.89. The van der Waals surface area contributed by atoms with Gasteiger partial charge in [0.25, 0.3) is 11.8 Å². The van der Waals surface area contributed by atoms with Gasteiger partial charge in [0, 0.05) is 27.7 Å². The average Bonchev–Trinajstić information content (AvgIpc) is 3.19. The van der Waals surface area contributed by atoms with Gasteiger partial charge >= 0.3 is 0 Å². The van der Waals surface area contributed by atoms with E-state index >= 15 is 0 Å². The van der Waals surface area contributed by atoms with E-state index < -0.39 is 17.5 Å². The highest BCUT2D eigenvalue weighted by Crippen LogP contribution is 2.29. The zero-order valence-corrected chi connectivity index (χ0v) is 18.5. The predicted octanol–water partition coefficient (Wildman–Crippen LogP) is 4.51. The number of amides is 1. The van der Waals surface area contributed by atoms with Gasteiger partial charge in [-0.15, -0.1) is 0 Å². The van der Waals surface area contributed by atoms with Crippen LogP contribution in [-0.4, -0.2) is 48.7 Å². The van der Waals surface area contributed by atoms with Crippen molar-refractivity contribution in [3.8, 4) is 5.69 Å². The van der Waals surface area contributed by atoms with E-state index in [9.17, 15) is 13.6 Å². The Kier molecular flexibility index (Phi) is 7.46. The number of carbonyl (C=O) groups excluding carboxylic acids is 1. The van der Waals surface area contributed by atoms with Gasteiger partial charge in [-0.25, -0.2) is 4.68 Å². The van der Waals surface area contributed by atoms with Crippen LogP contribution in [0, 0.1) is 0 Å². The van der Waals surface area contributed by atoms with E-state index in [0.29, 0.717) is 23.7 Å². The molecule has 0 spiro atoms. The van der Waals surface area contributed by atoms with Crippen molar-refractivity contribution >= 4 is 17.5 Å². The number of carbonyl (C=O) groups is 1. The lowest BCUT2D eigenvalue weighted by Gasteiger charge is -2.28. The van der Waals surface area contributed by atoms with Gasteiger partial charge in [-0.1, -0.05) is 35.4 Å². The molecule has 2 unspecified atom stereocenters. The molecule has 0 fully saturated rings. The van der Waals surface area contributed by atoms with Crippen LogP contribution in [0.2, 0.25) is 5.02 Å². The number of alkyl halides is 2. The molecule has 1 aliphatic carbocycles. The van der Waals surface area contributed by atoms with Gasteiger partial charge < -0.3 is 14.8 Å². The van der Waals surface area contributed by atoms with Crippen LogP contribution in [0.1, 0.15) is 42.4 Å². The molecule has 0 radical (unpaired) electrons. The maximum Gasteiger partial charge on any atom is 0.288 e. The van der Waals surface area contributed by atoms with Gasteiger partial charge in [0.15, 0.2) is 0 Å². The Morgan fingerprint density at radius 2 is 2.06 bits per heavy atom. The van der Waals surface area contributed by atoms with Crippen LogP contribution in [0.4, 0.5) is 8.78 Å². The molecule has 1 aromatic heterocycles. The minimum atomic E-state index is -3.19. The minimum absolute atomic E-state index is 0.00327. The average molecular weight is 454 g/mol. The van der Waals surface area contributed by atoms with Crippen LogP contribution >= 0.6 is 11.6 Å². The molecule has 3 rings (SSSR count). The molecule has 1 aliphatic rings. The zero-order chi connectivity index (χ0) is 22.6. The van der Waals surface area contributed by atoms with Crippen molar-refractivity contribution in [3.05, 3.63) is 58.4 Å². The quantitative estimate of drug-likeness (QED) is 0.597. The molecular weight excluding hydrogens is 428 g/mol. The molecule has 1 heterocycles. The number of hydrogen-bond donors (Lipinski definition) is 1. The van der Waals surface area contributed by atoms with E-state index in [1.165, 1.54) is 0 Å². The fourth-order valence-corrected chi connectivity index (χ4v) is 3.80. The molecular formula is C22H26ClF2N3O3. The van der Waals surface area contributed by atoms with Gasteiger partial charge in [-0.05, 0) is 37.5 Å². The number of para-hydroxylation sites is 1. The summed E-state index contributed by atoms with van der Waals surface area (Å²) in [6.07, 6.45) is 4.22. The number of methoxy groups -OCH3 is 2. The molecule has 31 heavy (non-hydrogen) atoms. The number of rotatable bonds is 8. The number of ether oxygens (including phenoxy) is 2. The molecule has 0 saturated carbocycles. The lowest BCUT2D eigenvalue weighted by molar-refractivity contribution is -0.0203. The van der Waals surface area contributed by atoms with Crippen molar-refractivity contribution in [2.24, 2.45) is 0 Å². The van der Waals surface area contributed by atoms with Crippen molar-refractivity contribution in [2.75, 3.05) is 20.8 Å². The number of aromatic nitrogens is 2. The van der Waals surface area contributed by atoms with Crippen LogP contribution in [0.15, 0.2) is 42.0 Å². The van der Waals surface area contributed by atoms with E-state index in [2.05, 4.69) is 10.4 Å². The highest BCUT2D eigenvalue weighted by atomic mass is 35.5. The molecule has 0 bridgehead atoms. The first kappa shape index (κ1) is 23.4. The van der Waals surface area contributed by atoms with Crippen LogP contribution in [0.5, 0.6) is 0 Å². The zero-order valence-electron chi connectivity index (χ0n) is 17.7. The van der Waals surface area contributed by atoms with Crippen molar-refractivity contribution < 1.29 is 23.0 Å². The molecule has 2 atom stereocenters. The standard InChI is InChI=1S/C22H26ClF2N3O3/c1-22(24,25)20-13-17(28(27-20)16-7-5-4-6-15(16)23)21(29)26-11-10-14-8-9-18(30-2)19(12-14)31-3/h4-7,12-13,18-19H,8-11H2,1-3H3,(H,26,29). The minimum Gasteiger partial charge on any atom is -0.378 e. The Balaban J connectivity index is 1.75. The Morgan fingerprint density at radius 3 is 2.71 bits per heavy atom. The number of hydrogen-bond acceptors (Lipinski definition) is 4. The monoisotopic (exact) mass is 453 g/mol. The molecule has 0 aliphatic heterocycles. The van der Waals surface area contributed by atoms with E-state index in [1.807, 2.05) is 6.08 Å². The molecule has 6 nitrogen and oxygen atoms in total. The highest BCUT2D eigenvalue weighted by molar-refractivity contribution is 6.32. The number of nitrogens with one attached hydrogen (secondary N) is 1. The number of nitrogens with zero attached hydrogens (tertiary/aromatic N) is 2. The largest absolute Gasteiger partial charge is 0.378 e. The van der Waals surface area contributed by atoms with Crippen LogP contribution in [0.3, 0.4) is 0 Å². The molecule has 1 aromatic carbocycles. The normalized spacial score (nSPS) is 19.2. The van der Waals surface area contributed by atoms with Crippen LogP contribution in [0.25, 0.3) is 5.69 Å². The summed E-state index contributed by atoms with van der Waals surface area (Å²) < 4.78 is 39.8. The first-order valence-corrected chi connectivity index (χ1v) is 10.4. The summed E-state index contributed by atoms with van der Waals surface area (Å²) in [5.74, 6) is -3.70. The molecule has 0 saturated heterocycles.